The van der Waals surface area contributed by atoms with Gasteiger partial charge in [0.2, 0.25) is 5.89 Å². The van der Waals surface area contributed by atoms with Gasteiger partial charge in [-0.2, -0.15) is 0 Å². The lowest BCUT2D eigenvalue weighted by Gasteiger charge is -2.07. The fourth-order valence-corrected chi connectivity index (χ4v) is 3.44. The number of hydrogen-bond acceptors (Lipinski definition) is 5. The number of nitrogens with one attached hydrogen (secondary N) is 2. The predicted molar refractivity (Wildman–Crippen MR) is 115 cm³/mol. The summed E-state index contributed by atoms with van der Waals surface area (Å²) < 4.78 is 5.54. The fraction of sp³-hybridized carbons (Fsp3) is 0.136. The maximum atomic E-state index is 12.1. The Morgan fingerprint density at radius 1 is 1.07 bits per heavy atom. The SMILES string of the molecule is Cc1ccc(-c2nc(CCNC(=O)Nc3ccc(-c4nccs4)cc3)co2)cc1. The van der Waals surface area contributed by atoms with Crippen molar-refractivity contribution in [1.82, 2.24) is 15.3 Å². The molecule has 0 aliphatic carbocycles. The van der Waals surface area contributed by atoms with Crippen molar-refractivity contribution >= 4 is 23.1 Å². The smallest absolute Gasteiger partial charge is 0.319 e. The molecule has 6 nitrogen and oxygen atoms in total. The fourth-order valence-electron chi connectivity index (χ4n) is 2.79. The molecule has 4 aromatic rings. The molecule has 0 aliphatic heterocycles. The number of amides is 2. The second kappa shape index (κ2) is 8.70. The molecule has 0 aliphatic rings. The van der Waals surface area contributed by atoms with Crippen LogP contribution in [0.4, 0.5) is 10.5 Å². The van der Waals surface area contributed by atoms with E-state index in [1.807, 2.05) is 60.8 Å². The van der Waals surface area contributed by atoms with Crippen LogP contribution >= 0.6 is 11.3 Å². The lowest BCUT2D eigenvalue weighted by Crippen LogP contribution is -2.30. The molecule has 0 atom stereocenters. The Balaban J connectivity index is 1.25. The van der Waals surface area contributed by atoms with Gasteiger partial charge in [-0.15, -0.1) is 11.3 Å². The van der Waals surface area contributed by atoms with E-state index in [1.54, 1.807) is 23.8 Å². The normalized spacial score (nSPS) is 10.7. The van der Waals surface area contributed by atoms with Gasteiger partial charge in [0.15, 0.2) is 0 Å². The van der Waals surface area contributed by atoms with Crippen LogP contribution in [0.5, 0.6) is 0 Å². The van der Waals surface area contributed by atoms with Gasteiger partial charge < -0.3 is 15.1 Å². The summed E-state index contributed by atoms with van der Waals surface area (Å²) in [6.45, 7) is 2.50. The van der Waals surface area contributed by atoms with Gasteiger partial charge in [0.1, 0.15) is 11.3 Å². The van der Waals surface area contributed by atoms with E-state index in [0.717, 1.165) is 27.5 Å². The van der Waals surface area contributed by atoms with Crippen LogP contribution in [0.1, 0.15) is 11.3 Å². The predicted octanol–water partition coefficient (Wildman–Crippen LogP) is 5.14. The number of rotatable bonds is 6. The van der Waals surface area contributed by atoms with Crippen LogP contribution in [0.25, 0.3) is 22.0 Å². The molecule has 2 aromatic heterocycles. The Hall–Kier alpha value is -3.45. The summed E-state index contributed by atoms with van der Waals surface area (Å²) in [6, 6.07) is 15.4. The quantitative estimate of drug-likeness (QED) is 0.466. The summed E-state index contributed by atoms with van der Waals surface area (Å²) in [6.07, 6.45) is 4.00. The van der Waals surface area contributed by atoms with Crippen LogP contribution in [0, 0.1) is 6.92 Å². The molecule has 29 heavy (non-hydrogen) atoms. The molecule has 0 saturated carbocycles. The summed E-state index contributed by atoms with van der Waals surface area (Å²) in [4.78, 5) is 20.9. The second-order valence-corrected chi connectivity index (χ2v) is 7.45. The van der Waals surface area contributed by atoms with Crippen LogP contribution < -0.4 is 10.6 Å². The largest absolute Gasteiger partial charge is 0.444 e. The highest BCUT2D eigenvalue weighted by atomic mass is 32.1. The lowest BCUT2D eigenvalue weighted by atomic mass is 10.1. The van der Waals surface area contributed by atoms with Crippen molar-refractivity contribution in [3.05, 3.63) is 77.6 Å². The molecule has 7 heteroatoms. The third kappa shape index (κ3) is 4.89. The number of hydrogen-bond donors (Lipinski definition) is 2. The van der Waals surface area contributed by atoms with Gasteiger partial charge in [0, 0.05) is 41.4 Å². The number of urea groups is 1. The summed E-state index contributed by atoms with van der Waals surface area (Å²) in [5.74, 6) is 0.588. The molecule has 0 saturated heterocycles. The minimum absolute atomic E-state index is 0.255. The maximum Gasteiger partial charge on any atom is 0.319 e. The number of carbonyl (C=O) groups is 1. The number of benzene rings is 2. The van der Waals surface area contributed by atoms with Gasteiger partial charge in [-0.25, -0.2) is 14.8 Å². The first kappa shape index (κ1) is 18.9. The standard InChI is InChI=1S/C22H20N4O2S/c1-15-2-4-16(5-3-15)20-25-19(14-28-20)10-11-24-22(27)26-18-8-6-17(7-9-18)21-23-12-13-29-21/h2-9,12-14H,10-11H2,1H3,(H2,24,26,27). The van der Waals surface area contributed by atoms with E-state index < -0.39 is 0 Å². The number of nitrogens with zero attached hydrogens (tertiary/aromatic N) is 2. The summed E-state index contributed by atoms with van der Waals surface area (Å²) in [5, 5.41) is 8.56. The van der Waals surface area contributed by atoms with Crippen molar-refractivity contribution < 1.29 is 9.21 Å². The minimum atomic E-state index is -0.255. The number of anilines is 1. The van der Waals surface area contributed by atoms with E-state index in [9.17, 15) is 4.79 Å². The van der Waals surface area contributed by atoms with E-state index in [0.29, 0.717) is 18.9 Å². The highest BCUT2D eigenvalue weighted by Crippen LogP contribution is 2.23. The number of carbonyl (C=O) groups excluding carboxylic acids is 1. The molecule has 0 bridgehead atoms. The number of aryl methyl sites for hydroxylation is 1. The zero-order valence-electron chi connectivity index (χ0n) is 15.9. The molecule has 0 radical (unpaired) electrons. The Morgan fingerprint density at radius 3 is 2.55 bits per heavy atom. The lowest BCUT2D eigenvalue weighted by molar-refractivity contribution is 0.252. The third-order valence-corrected chi connectivity index (χ3v) is 5.16. The van der Waals surface area contributed by atoms with E-state index in [-0.39, 0.29) is 6.03 Å². The Bertz CT molecular complexity index is 1070. The van der Waals surface area contributed by atoms with Gasteiger partial charge in [0.25, 0.3) is 0 Å². The number of oxazole rings is 1. The van der Waals surface area contributed by atoms with Crippen LogP contribution in [0.3, 0.4) is 0 Å². The van der Waals surface area contributed by atoms with Crippen molar-refractivity contribution in [2.45, 2.75) is 13.3 Å². The molecule has 4 rings (SSSR count). The number of thiazole rings is 1. The first-order valence-corrected chi connectivity index (χ1v) is 10.1. The Kier molecular flexibility index (Phi) is 5.67. The van der Waals surface area contributed by atoms with Crippen LogP contribution in [-0.2, 0) is 6.42 Å². The molecular weight excluding hydrogens is 384 g/mol. The highest BCUT2D eigenvalue weighted by molar-refractivity contribution is 7.13. The molecule has 0 spiro atoms. The molecule has 2 amide bonds. The van der Waals surface area contributed by atoms with Gasteiger partial charge in [-0.3, -0.25) is 0 Å². The van der Waals surface area contributed by atoms with Crippen molar-refractivity contribution in [2.75, 3.05) is 11.9 Å². The zero-order valence-corrected chi connectivity index (χ0v) is 16.7. The second-order valence-electron chi connectivity index (χ2n) is 6.56. The Labute approximate surface area is 172 Å². The topological polar surface area (TPSA) is 80.0 Å². The van der Waals surface area contributed by atoms with Gasteiger partial charge in [-0.05, 0) is 43.3 Å². The number of aromatic nitrogens is 2. The van der Waals surface area contributed by atoms with Crippen LogP contribution in [0.15, 0.2) is 70.8 Å². The van der Waals surface area contributed by atoms with Crippen molar-refractivity contribution in [1.29, 1.82) is 0 Å². The van der Waals surface area contributed by atoms with Crippen molar-refractivity contribution in [3.63, 3.8) is 0 Å². The monoisotopic (exact) mass is 404 g/mol. The third-order valence-electron chi connectivity index (χ3n) is 4.34. The maximum absolute atomic E-state index is 12.1. The van der Waals surface area contributed by atoms with Crippen LogP contribution in [-0.4, -0.2) is 22.5 Å². The molecule has 0 fully saturated rings. The molecule has 146 valence electrons. The molecule has 2 aromatic carbocycles. The van der Waals surface area contributed by atoms with E-state index >= 15 is 0 Å². The molecular formula is C22H20N4O2S. The average molecular weight is 404 g/mol. The zero-order chi connectivity index (χ0) is 20.1. The summed E-state index contributed by atoms with van der Waals surface area (Å²) in [7, 11) is 0. The van der Waals surface area contributed by atoms with Crippen molar-refractivity contribution in [3.8, 4) is 22.0 Å². The molecule has 2 N–H and O–H groups in total. The highest BCUT2D eigenvalue weighted by Gasteiger charge is 2.08. The average Bonchev–Trinajstić information content (AvgIpc) is 3.42. The van der Waals surface area contributed by atoms with E-state index in [4.69, 9.17) is 4.42 Å². The molecule has 0 unspecified atom stereocenters. The summed E-state index contributed by atoms with van der Waals surface area (Å²) in [5.41, 5.74) is 4.68. The van der Waals surface area contributed by atoms with E-state index in [2.05, 4.69) is 20.6 Å². The van der Waals surface area contributed by atoms with E-state index in [1.165, 1.54) is 5.56 Å². The Morgan fingerprint density at radius 2 is 1.83 bits per heavy atom. The minimum Gasteiger partial charge on any atom is -0.444 e. The van der Waals surface area contributed by atoms with Gasteiger partial charge in [-0.1, -0.05) is 17.7 Å². The first-order valence-electron chi connectivity index (χ1n) is 9.23. The molecule has 2 heterocycles. The van der Waals surface area contributed by atoms with Crippen LogP contribution in [0.2, 0.25) is 0 Å². The summed E-state index contributed by atoms with van der Waals surface area (Å²) >= 11 is 1.58. The van der Waals surface area contributed by atoms with Gasteiger partial charge in [0.05, 0.1) is 5.69 Å². The van der Waals surface area contributed by atoms with Crippen molar-refractivity contribution in [2.24, 2.45) is 0 Å². The van der Waals surface area contributed by atoms with Gasteiger partial charge >= 0.3 is 6.03 Å². The first-order chi connectivity index (χ1) is 14.2.